The Morgan fingerprint density at radius 1 is 0.682 bits per heavy atom. The molecule has 6 aromatic rings. The van der Waals surface area contributed by atoms with E-state index in [1.165, 1.54) is 0 Å². The highest BCUT2D eigenvalue weighted by Gasteiger charge is 2.39. The Kier molecular flexibility index (Phi) is 13.0. The molecular weight excluding hydrogens is 833 g/mol. The number of likely N-dealkylation sites (tertiary alicyclic amines) is 2. The third kappa shape index (κ3) is 10.7. The Hall–Kier alpha value is -7.40. The van der Waals surface area contributed by atoms with Crippen LogP contribution in [0, 0.1) is 11.8 Å². The smallest absolute Gasteiger partial charge is 0.408 e. The number of aromatic amines is 2. The van der Waals surface area contributed by atoms with Crippen LogP contribution in [0.2, 0.25) is 0 Å². The second-order valence-electron chi connectivity index (χ2n) is 18.7. The third-order valence-corrected chi connectivity index (χ3v) is 11.5. The minimum Gasteiger partial charge on any atom is -0.444 e. The quantitative estimate of drug-likeness (QED) is 0.104. The molecule has 2 saturated heterocycles. The van der Waals surface area contributed by atoms with Crippen LogP contribution in [0.15, 0.2) is 109 Å². The molecule has 4 aromatic carbocycles. The van der Waals surface area contributed by atoms with Crippen LogP contribution in [0.5, 0.6) is 0 Å². The number of carbonyl (C=O) groups is 4. The van der Waals surface area contributed by atoms with Crippen molar-refractivity contribution in [1.82, 2.24) is 40.4 Å². The zero-order valence-electron chi connectivity index (χ0n) is 38.2. The van der Waals surface area contributed by atoms with Gasteiger partial charge in [-0.25, -0.2) is 19.6 Å². The van der Waals surface area contributed by atoms with Crippen molar-refractivity contribution in [2.24, 2.45) is 0 Å². The maximum absolute atomic E-state index is 14.2. The molecule has 66 heavy (non-hydrogen) atoms. The number of rotatable bonds is 9. The van der Waals surface area contributed by atoms with Gasteiger partial charge < -0.3 is 39.9 Å². The fourth-order valence-electron chi connectivity index (χ4n) is 8.53. The van der Waals surface area contributed by atoms with E-state index in [1.54, 1.807) is 57.5 Å². The van der Waals surface area contributed by atoms with E-state index in [-0.39, 0.29) is 23.9 Å². The number of hydrogen-bond acceptors (Lipinski definition) is 8. The van der Waals surface area contributed by atoms with Crippen molar-refractivity contribution in [3.63, 3.8) is 0 Å². The van der Waals surface area contributed by atoms with E-state index >= 15 is 0 Å². The molecular formula is C52H56N8O6. The first kappa shape index (κ1) is 45.2. The van der Waals surface area contributed by atoms with E-state index in [0.29, 0.717) is 41.6 Å². The maximum atomic E-state index is 14.2. The summed E-state index contributed by atoms with van der Waals surface area (Å²) in [5.74, 6) is 7.34. The van der Waals surface area contributed by atoms with Crippen LogP contribution in [0.4, 0.5) is 9.59 Å². The van der Waals surface area contributed by atoms with Gasteiger partial charge in [-0.2, -0.15) is 0 Å². The van der Waals surface area contributed by atoms with E-state index in [9.17, 15) is 19.2 Å². The molecule has 2 fully saturated rings. The molecule has 0 spiro atoms. The van der Waals surface area contributed by atoms with Crippen LogP contribution in [0.3, 0.4) is 0 Å². The third-order valence-electron chi connectivity index (χ3n) is 11.5. The zero-order valence-corrected chi connectivity index (χ0v) is 38.2. The summed E-state index contributed by atoms with van der Waals surface area (Å²) in [6, 6.07) is 28.2. The molecule has 4 amide bonds. The number of fused-ring (bicyclic) bond motifs is 1. The lowest BCUT2D eigenvalue weighted by Crippen LogP contribution is -2.44. The number of amides is 4. The van der Waals surface area contributed by atoms with Crippen LogP contribution in [0.1, 0.15) is 125 Å². The Labute approximate surface area is 384 Å². The highest BCUT2D eigenvalue weighted by molar-refractivity contribution is 5.89. The van der Waals surface area contributed by atoms with Gasteiger partial charge in [0.25, 0.3) is 11.8 Å². The number of carbonyl (C=O) groups excluding carboxylic acids is 4. The summed E-state index contributed by atoms with van der Waals surface area (Å²) in [5, 5.41) is 7.65. The van der Waals surface area contributed by atoms with Crippen molar-refractivity contribution in [3.05, 3.63) is 143 Å². The zero-order chi connectivity index (χ0) is 46.6. The topological polar surface area (TPSA) is 175 Å². The van der Waals surface area contributed by atoms with Crippen LogP contribution < -0.4 is 10.6 Å². The molecule has 340 valence electrons. The number of benzene rings is 4. The summed E-state index contributed by atoms with van der Waals surface area (Å²) in [5.41, 5.74) is 3.03. The predicted octanol–water partition coefficient (Wildman–Crippen LogP) is 9.21. The van der Waals surface area contributed by atoms with Gasteiger partial charge in [0, 0.05) is 30.4 Å². The van der Waals surface area contributed by atoms with Crippen LogP contribution in [0.25, 0.3) is 22.0 Å². The van der Waals surface area contributed by atoms with E-state index in [2.05, 4.69) is 43.5 Å². The number of alkyl carbamates (subject to hydrolysis) is 2. The molecule has 14 heteroatoms. The van der Waals surface area contributed by atoms with Crippen molar-refractivity contribution in [2.75, 3.05) is 13.1 Å². The molecule has 14 nitrogen and oxygen atoms in total. The van der Waals surface area contributed by atoms with Gasteiger partial charge in [-0.3, -0.25) is 9.59 Å². The predicted molar refractivity (Wildman–Crippen MR) is 251 cm³/mol. The second-order valence-corrected chi connectivity index (χ2v) is 18.7. The number of aromatic nitrogens is 4. The summed E-state index contributed by atoms with van der Waals surface area (Å²) >= 11 is 0. The molecule has 0 saturated carbocycles. The minimum atomic E-state index is -0.923. The lowest BCUT2D eigenvalue weighted by molar-refractivity contribution is -0.135. The molecule has 2 aliphatic rings. The standard InChI is InChI=1S/C52H56N8O6/c1-51(2,3)65-49(63)57-43(34-15-9-7-10-16-34)47(61)59-27-13-19-41(59)45-53-31-39(55-45)26-22-33-21-23-37-30-38(25-24-36(37)29-33)40-32-54-46(56-40)42-20-14-28-60(42)48(62)44(35-17-11-8-12-18-35)58-50(64)66-52(4,5)6/h7-12,15-18,21,23-25,29-32,41-44H,13-14,19-20,27-28H2,1-6H3,(H,53,55)(H,54,56)(H,57,63)(H,58,64)/t41-,42-,43+,44+/m0/s1. The van der Waals surface area contributed by atoms with E-state index in [4.69, 9.17) is 14.5 Å². The first-order valence-corrected chi connectivity index (χ1v) is 22.4. The molecule has 4 N–H and O–H groups in total. The number of nitrogens with zero attached hydrogens (tertiary/aromatic N) is 4. The van der Waals surface area contributed by atoms with Crippen LogP contribution >= 0.6 is 0 Å². The highest BCUT2D eigenvalue weighted by Crippen LogP contribution is 2.36. The summed E-state index contributed by atoms with van der Waals surface area (Å²) in [6.07, 6.45) is 5.28. The maximum Gasteiger partial charge on any atom is 0.408 e. The SMILES string of the molecule is CC(C)(C)OC(=O)N[C@@H](C(=O)N1CCC[C@H]1c1nc(-c2ccc3cc(C#Cc4cnc([C@@H]5CCCN5C(=O)[C@H](NC(=O)OC(C)(C)C)c5ccccc5)[nH]4)ccc3c2)c[nH]1)c1ccccc1. The molecule has 4 atom stereocenters. The average molecular weight is 889 g/mol. The van der Waals surface area contributed by atoms with Crippen molar-refractivity contribution < 1.29 is 28.7 Å². The number of imidazole rings is 2. The molecule has 4 heterocycles. The molecule has 2 aliphatic heterocycles. The average Bonchev–Trinajstić information content (AvgIpc) is 4.13. The number of nitrogens with one attached hydrogen (secondary N) is 4. The fourth-order valence-corrected chi connectivity index (χ4v) is 8.53. The fraction of sp³-hybridized carbons (Fsp3) is 0.346. The minimum absolute atomic E-state index is 0.221. The molecule has 0 radical (unpaired) electrons. The Bertz CT molecular complexity index is 2780. The summed E-state index contributed by atoms with van der Waals surface area (Å²) < 4.78 is 11.0. The molecule has 0 unspecified atom stereocenters. The van der Waals surface area contributed by atoms with Crippen molar-refractivity contribution in [2.45, 2.75) is 103 Å². The van der Waals surface area contributed by atoms with Gasteiger partial charge in [-0.1, -0.05) is 84.8 Å². The van der Waals surface area contributed by atoms with Crippen LogP contribution in [-0.2, 0) is 19.1 Å². The van der Waals surface area contributed by atoms with Gasteiger partial charge in [0.1, 0.15) is 40.6 Å². The summed E-state index contributed by atoms with van der Waals surface area (Å²) in [7, 11) is 0. The monoisotopic (exact) mass is 888 g/mol. The highest BCUT2D eigenvalue weighted by atomic mass is 16.6. The van der Waals surface area contributed by atoms with Gasteiger partial charge in [0.05, 0.1) is 24.0 Å². The number of hydrogen-bond donors (Lipinski definition) is 4. The lowest BCUT2D eigenvalue weighted by Gasteiger charge is -2.29. The number of H-pyrrole nitrogens is 2. The van der Waals surface area contributed by atoms with Crippen molar-refractivity contribution in [3.8, 4) is 23.1 Å². The van der Waals surface area contributed by atoms with Gasteiger partial charge in [-0.05, 0) is 113 Å². The van der Waals surface area contributed by atoms with Gasteiger partial charge in [0.15, 0.2) is 0 Å². The normalized spacial score (nSPS) is 17.1. The molecule has 0 aliphatic carbocycles. The molecule has 0 bridgehead atoms. The lowest BCUT2D eigenvalue weighted by atomic mass is 10.0. The first-order valence-electron chi connectivity index (χ1n) is 22.4. The van der Waals surface area contributed by atoms with Gasteiger partial charge in [0.2, 0.25) is 0 Å². The summed E-state index contributed by atoms with van der Waals surface area (Å²) in [4.78, 5) is 73.9. The van der Waals surface area contributed by atoms with Gasteiger partial charge >= 0.3 is 12.2 Å². The van der Waals surface area contributed by atoms with E-state index < -0.39 is 35.5 Å². The van der Waals surface area contributed by atoms with Crippen molar-refractivity contribution in [1.29, 1.82) is 0 Å². The Morgan fingerprint density at radius 2 is 1.21 bits per heavy atom. The van der Waals surface area contributed by atoms with E-state index in [0.717, 1.165) is 53.3 Å². The largest absolute Gasteiger partial charge is 0.444 e. The van der Waals surface area contributed by atoms with Gasteiger partial charge in [-0.15, -0.1) is 0 Å². The molecule has 2 aromatic heterocycles. The second kappa shape index (κ2) is 19.0. The Balaban J connectivity index is 0.939. The Morgan fingerprint density at radius 3 is 1.77 bits per heavy atom. The molecule has 8 rings (SSSR count). The van der Waals surface area contributed by atoms with Crippen LogP contribution in [-0.4, -0.2) is 78.0 Å². The van der Waals surface area contributed by atoms with Crippen molar-refractivity contribution >= 4 is 34.8 Å². The summed E-state index contributed by atoms with van der Waals surface area (Å²) in [6.45, 7) is 11.8. The van der Waals surface area contributed by atoms with E-state index in [1.807, 2.05) is 97.2 Å². The number of ether oxygens (including phenoxy) is 2. The first-order chi connectivity index (χ1) is 31.6.